The van der Waals surface area contributed by atoms with E-state index < -0.39 is 0 Å². The third-order valence-corrected chi connectivity index (χ3v) is 3.41. The summed E-state index contributed by atoms with van der Waals surface area (Å²) in [5, 5.41) is 14.5. The van der Waals surface area contributed by atoms with Gasteiger partial charge in [0.15, 0.2) is 11.0 Å². The van der Waals surface area contributed by atoms with Crippen LogP contribution >= 0.6 is 11.3 Å². The molecule has 1 aromatic heterocycles. The Bertz CT molecular complexity index is 393. The second-order valence-electron chi connectivity index (χ2n) is 3.60. The van der Waals surface area contributed by atoms with Crippen molar-refractivity contribution in [3.63, 3.8) is 0 Å². The van der Waals surface area contributed by atoms with Crippen LogP contribution in [0.3, 0.4) is 0 Å². The lowest BCUT2D eigenvalue weighted by Gasteiger charge is -2.31. The van der Waals surface area contributed by atoms with E-state index in [-0.39, 0.29) is 11.9 Å². The summed E-state index contributed by atoms with van der Waals surface area (Å²) in [7, 11) is 0. The van der Waals surface area contributed by atoms with Crippen LogP contribution in [-0.2, 0) is 4.74 Å². The maximum Gasteiger partial charge on any atom is 0.185 e. The standard InChI is InChI=1S/C9H14N4O2S/c1-6-5-16-9(11-6)13-2-3-15-7(4-13)8(10)12-14/h5,7,14H,2-4H2,1H3,(H2,10,12). The zero-order chi connectivity index (χ0) is 11.5. The maximum absolute atomic E-state index is 8.60. The highest BCUT2D eigenvalue weighted by atomic mass is 32.1. The molecule has 0 amide bonds. The molecule has 1 atom stereocenters. The number of nitrogens with zero attached hydrogens (tertiary/aromatic N) is 3. The van der Waals surface area contributed by atoms with E-state index in [0.29, 0.717) is 13.2 Å². The Labute approximate surface area is 97.3 Å². The Morgan fingerprint density at radius 1 is 1.81 bits per heavy atom. The van der Waals surface area contributed by atoms with Gasteiger partial charge in [-0.3, -0.25) is 0 Å². The van der Waals surface area contributed by atoms with Crippen LogP contribution in [0.25, 0.3) is 0 Å². The highest BCUT2D eigenvalue weighted by Crippen LogP contribution is 2.22. The van der Waals surface area contributed by atoms with E-state index in [4.69, 9.17) is 15.7 Å². The Balaban J connectivity index is 2.07. The van der Waals surface area contributed by atoms with Crippen LogP contribution in [0.2, 0.25) is 0 Å². The number of nitrogens with two attached hydrogens (primary N) is 1. The highest BCUT2D eigenvalue weighted by molar-refractivity contribution is 7.13. The maximum atomic E-state index is 8.60. The molecule has 1 aliphatic heterocycles. The molecule has 0 bridgehead atoms. The van der Waals surface area contributed by atoms with Crippen LogP contribution < -0.4 is 10.6 Å². The van der Waals surface area contributed by atoms with E-state index in [1.165, 1.54) is 0 Å². The van der Waals surface area contributed by atoms with Crippen molar-refractivity contribution in [2.75, 3.05) is 24.6 Å². The van der Waals surface area contributed by atoms with Gasteiger partial charge in [0, 0.05) is 11.9 Å². The van der Waals surface area contributed by atoms with Gasteiger partial charge in [-0.25, -0.2) is 4.98 Å². The zero-order valence-electron chi connectivity index (χ0n) is 8.96. The molecule has 0 aliphatic carbocycles. The number of amidine groups is 1. The number of thiazole rings is 1. The predicted molar refractivity (Wildman–Crippen MR) is 62.2 cm³/mol. The van der Waals surface area contributed by atoms with Gasteiger partial charge in [-0.2, -0.15) is 0 Å². The number of rotatable bonds is 2. The van der Waals surface area contributed by atoms with Crippen LogP contribution in [0.1, 0.15) is 5.69 Å². The average Bonchev–Trinajstić information content (AvgIpc) is 2.75. The van der Waals surface area contributed by atoms with Gasteiger partial charge in [-0.05, 0) is 6.92 Å². The number of morpholine rings is 1. The Morgan fingerprint density at radius 2 is 2.62 bits per heavy atom. The van der Waals surface area contributed by atoms with E-state index in [9.17, 15) is 0 Å². The molecule has 1 saturated heterocycles. The van der Waals surface area contributed by atoms with Crippen molar-refractivity contribution in [3.05, 3.63) is 11.1 Å². The number of hydrogen-bond donors (Lipinski definition) is 2. The fourth-order valence-corrected chi connectivity index (χ4v) is 2.39. The van der Waals surface area contributed by atoms with Crippen LogP contribution in [0.15, 0.2) is 10.5 Å². The average molecular weight is 242 g/mol. The van der Waals surface area contributed by atoms with Gasteiger partial charge in [0.05, 0.1) is 18.8 Å². The van der Waals surface area contributed by atoms with Crippen molar-refractivity contribution in [2.24, 2.45) is 10.9 Å². The lowest BCUT2D eigenvalue weighted by Crippen LogP contribution is -2.48. The minimum absolute atomic E-state index is 0.109. The normalized spacial score (nSPS) is 22.4. The Morgan fingerprint density at radius 3 is 3.25 bits per heavy atom. The molecule has 1 fully saturated rings. The van der Waals surface area contributed by atoms with Gasteiger partial charge in [-0.1, -0.05) is 5.16 Å². The summed E-state index contributed by atoms with van der Waals surface area (Å²) in [4.78, 5) is 6.49. The fraction of sp³-hybridized carbons (Fsp3) is 0.556. The van der Waals surface area contributed by atoms with Crippen molar-refractivity contribution < 1.29 is 9.94 Å². The molecular weight excluding hydrogens is 228 g/mol. The minimum Gasteiger partial charge on any atom is -0.409 e. The number of hydrogen-bond acceptors (Lipinski definition) is 6. The molecule has 7 heteroatoms. The minimum atomic E-state index is -0.358. The van der Waals surface area contributed by atoms with Crippen LogP contribution in [0.5, 0.6) is 0 Å². The van der Waals surface area contributed by atoms with Crippen LogP contribution in [0.4, 0.5) is 5.13 Å². The molecule has 16 heavy (non-hydrogen) atoms. The van der Waals surface area contributed by atoms with E-state index in [1.54, 1.807) is 11.3 Å². The molecule has 1 aromatic rings. The summed E-state index contributed by atoms with van der Waals surface area (Å²) >= 11 is 1.59. The molecule has 1 aliphatic rings. The summed E-state index contributed by atoms with van der Waals surface area (Å²) in [5.41, 5.74) is 6.53. The molecule has 0 radical (unpaired) electrons. The topological polar surface area (TPSA) is 84.0 Å². The van der Waals surface area contributed by atoms with E-state index in [0.717, 1.165) is 17.4 Å². The summed E-state index contributed by atoms with van der Waals surface area (Å²) in [6, 6.07) is 0. The molecule has 0 aromatic carbocycles. The number of oxime groups is 1. The van der Waals surface area contributed by atoms with Crippen LogP contribution in [0, 0.1) is 6.92 Å². The fourth-order valence-electron chi connectivity index (χ4n) is 1.55. The molecule has 2 rings (SSSR count). The lowest BCUT2D eigenvalue weighted by molar-refractivity contribution is 0.0807. The Hall–Kier alpha value is -1.34. The van der Waals surface area contributed by atoms with E-state index in [1.807, 2.05) is 12.3 Å². The molecule has 6 nitrogen and oxygen atoms in total. The third kappa shape index (κ3) is 2.25. The van der Waals surface area contributed by atoms with E-state index in [2.05, 4.69) is 15.0 Å². The molecular formula is C9H14N4O2S. The molecule has 0 spiro atoms. The summed E-state index contributed by atoms with van der Waals surface area (Å²) < 4.78 is 5.41. The number of anilines is 1. The van der Waals surface area contributed by atoms with Gasteiger partial charge in [0.25, 0.3) is 0 Å². The lowest BCUT2D eigenvalue weighted by atomic mass is 10.2. The predicted octanol–water partition coefficient (Wildman–Crippen LogP) is 0.403. The quantitative estimate of drug-likeness (QED) is 0.339. The summed E-state index contributed by atoms with van der Waals surface area (Å²) in [6.45, 7) is 3.87. The first-order valence-corrected chi connectivity index (χ1v) is 5.85. The monoisotopic (exact) mass is 242 g/mol. The van der Waals surface area contributed by atoms with Gasteiger partial charge in [0.1, 0.15) is 6.10 Å². The largest absolute Gasteiger partial charge is 0.409 e. The van der Waals surface area contributed by atoms with Gasteiger partial charge < -0.3 is 20.6 Å². The number of aromatic nitrogens is 1. The molecule has 2 heterocycles. The molecule has 3 N–H and O–H groups in total. The van der Waals surface area contributed by atoms with Crippen molar-refractivity contribution in [1.29, 1.82) is 0 Å². The molecule has 1 unspecified atom stereocenters. The molecule has 88 valence electrons. The Kier molecular flexibility index (Phi) is 3.25. The first-order chi connectivity index (χ1) is 7.70. The zero-order valence-corrected chi connectivity index (χ0v) is 9.78. The second-order valence-corrected chi connectivity index (χ2v) is 4.44. The highest BCUT2D eigenvalue weighted by Gasteiger charge is 2.25. The van der Waals surface area contributed by atoms with Gasteiger partial charge >= 0.3 is 0 Å². The number of aryl methyl sites for hydroxylation is 1. The summed E-state index contributed by atoms with van der Waals surface area (Å²) in [6.07, 6.45) is -0.358. The van der Waals surface area contributed by atoms with Crippen molar-refractivity contribution in [1.82, 2.24) is 4.98 Å². The number of ether oxygens (including phenoxy) is 1. The van der Waals surface area contributed by atoms with Gasteiger partial charge in [0.2, 0.25) is 0 Å². The van der Waals surface area contributed by atoms with E-state index >= 15 is 0 Å². The first-order valence-electron chi connectivity index (χ1n) is 4.97. The SMILES string of the molecule is Cc1csc(N2CCOC(C(N)=NO)C2)n1. The van der Waals surface area contributed by atoms with Crippen LogP contribution in [-0.4, -0.2) is 41.8 Å². The first kappa shape index (κ1) is 11.2. The summed E-state index contributed by atoms with van der Waals surface area (Å²) in [5.74, 6) is 0.109. The molecule has 0 saturated carbocycles. The second kappa shape index (κ2) is 4.67. The van der Waals surface area contributed by atoms with Gasteiger partial charge in [-0.15, -0.1) is 11.3 Å². The smallest absolute Gasteiger partial charge is 0.185 e. The van der Waals surface area contributed by atoms with Crippen molar-refractivity contribution in [3.8, 4) is 0 Å². The van der Waals surface area contributed by atoms with Crippen molar-refractivity contribution in [2.45, 2.75) is 13.0 Å². The van der Waals surface area contributed by atoms with Crippen molar-refractivity contribution >= 4 is 22.3 Å². The third-order valence-electron chi connectivity index (χ3n) is 2.39.